The Balaban J connectivity index is 3.42. The number of nitrogens with one attached hydrogen (secondary N) is 2. The van der Waals surface area contributed by atoms with E-state index in [1.807, 2.05) is 6.92 Å². The SMILES string of the molecule is CCC(N)C(=O)NCCNC(C)=O. The second-order valence-corrected chi connectivity index (χ2v) is 2.79. The lowest BCUT2D eigenvalue weighted by Gasteiger charge is -2.09. The topological polar surface area (TPSA) is 84.2 Å². The minimum absolute atomic E-state index is 0.103. The molecule has 0 aromatic rings. The van der Waals surface area contributed by atoms with E-state index in [0.29, 0.717) is 19.5 Å². The fourth-order valence-electron chi connectivity index (χ4n) is 0.741. The van der Waals surface area contributed by atoms with Crippen molar-refractivity contribution in [3.63, 3.8) is 0 Å². The van der Waals surface area contributed by atoms with Crippen LogP contribution in [0.5, 0.6) is 0 Å². The van der Waals surface area contributed by atoms with Gasteiger partial charge in [0.25, 0.3) is 0 Å². The van der Waals surface area contributed by atoms with Crippen molar-refractivity contribution >= 4 is 11.8 Å². The Morgan fingerprint density at radius 1 is 1.31 bits per heavy atom. The van der Waals surface area contributed by atoms with Crippen molar-refractivity contribution in [1.82, 2.24) is 10.6 Å². The smallest absolute Gasteiger partial charge is 0.236 e. The third kappa shape index (κ3) is 6.10. The molecule has 0 bridgehead atoms. The third-order valence-electron chi connectivity index (χ3n) is 1.57. The molecule has 0 radical (unpaired) electrons. The minimum atomic E-state index is -0.447. The molecule has 13 heavy (non-hydrogen) atoms. The molecule has 0 aliphatic carbocycles. The molecular weight excluding hydrogens is 170 g/mol. The van der Waals surface area contributed by atoms with Gasteiger partial charge in [-0.1, -0.05) is 6.92 Å². The molecule has 4 N–H and O–H groups in total. The second-order valence-electron chi connectivity index (χ2n) is 2.79. The molecule has 0 heterocycles. The molecule has 0 aromatic carbocycles. The molecular formula is C8H17N3O2. The van der Waals surface area contributed by atoms with Gasteiger partial charge in [0.05, 0.1) is 6.04 Å². The first-order valence-electron chi connectivity index (χ1n) is 4.35. The Morgan fingerprint density at radius 2 is 1.85 bits per heavy atom. The molecule has 0 spiro atoms. The first-order valence-corrected chi connectivity index (χ1v) is 4.35. The molecule has 0 rings (SSSR count). The Kier molecular flexibility index (Phi) is 5.88. The van der Waals surface area contributed by atoms with Crippen LogP contribution in [-0.4, -0.2) is 30.9 Å². The molecule has 0 aliphatic rings. The number of hydrogen-bond acceptors (Lipinski definition) is 3. The van der Waals surface area contributed by atoms with Gasteiger partial charge in [-0.25, -0.2) is 0 Å². The Labute approximate surface area is 78.1 Å². The summed E-state index contributed by atoms with van der Waals surface area (Å²) in [5, 5.41) is 5.17. The molecule has 0 fully saturated rings. The van der Waals surface area contributed by atoms with Gasteiger partial charge in [-0.2, -0.15) is 0 Å². The normalized spacial score (nSPS) is 11.9. The molecule has 1 atom stereocenters. The number of hydrogen-bond donors (Lipinski definition) is 3. The highest BCUT2D eigenvalue weighted by atomic mass is 16.2. The molecule has 2 amide bonds. The van der Waals surface area contributed by atoms with Gasteiger partial charge in [0.1, 0.15) is 0 Å². The van der Waals surface area contributed by atoms with E-state index in [9.17, 15) is 9.59 Å². The Morgan fingerprint density at radius 3 is 2.31 bits per heavy atom. The molecule has 1 unspecified atom stereocenters. The van der Waals surface area contributed by atoms with Gasteiger partial charge in [-0.3, -0.25) is 9.59 Å². The maximum absolute atomic E-state index is 11.1. The van der Waals surface area contributed by atoms with Gasteiger partial charge in [0, 0.05) is 20.0 Å². The maximum atomic E-state index is 11.1. The van der Waals surface area contributed by atoms with Crippen LogP contribution < -0.4 is 16.4 Å². The largest absolute Gasteiger partial charge is 0.355 e. The van der Waals surface area contributed by atoms with Gasteiger partial charge in [-0.05, 0) is 6.42 Å². The number of amides is 2. The Bertz CT molecular complexity index is 182. The van der Waals surface area contributed by atoms with Crippen molar-refractivity contribution in [2.24, 2.45) is 5.73 Å². The van der Waals surface area contributed by atoms with Crippen LogP contribution >= 0.6 is 0 Å². The summed E-state index contributed by atoms with van der Waals surface area (Å²) in [4.78, 5) is 21.5. The first kappa shape index (κ1) is 11.9. The number of carbonyl (C=O) groups excluding carboxylic acids is 2. The highest BCUT2D eigenvalue weighted by Gasteiger charge is 2.08. The summed E-state index contributed by atoms with van der Waals surface area (Å²) in [7, 11) is 0. The maximum Gasteiger partial charge on any atom is 0.236 e. The van der Waals surface area contributed by atoms with Crippen molar-refractivity contribution in [3.05, 3.63) is 0 Å². The average molecular weight is 187 g/mol. The lowest BCUT2D eigenvalue weighted by molar-refractivity contribution is -0.123. The van der Waals surface area contributed by atoms with Crippen molar-refractivity contribution in [1.29, 1.82) is 0 Å². The van der Waals surface area contributed by atoms with E-state index in [1.54, 1.807) is 0 Å². The fourth-order valence-corrected chi connectivity index (χ4v) is 0.741. The van der Waals surface area contributed by atoms with Crippen LogP contribution in [0, 0.1) is 0 Å². The van der Waals surface area contributed by atoms with Crippen LogP contribution in [0.3, 0.4) is 0 Å². The highest BCUT2D eigenvalue weighted by Crippen LogP contribution is 1.84. The van der Waals surface area contributed by atoms with Crippen LogP contribution in [0.15, 0.2) is 0 Å². The average Bonchev–Trinajstić information content (AvgIpc) is 2.10. The quantitative estimate of drug-likeness (QED) is 0.481. The Hall–Kier alpha value is -1.10. The minimum Gasteiger partial charge on any atom is -0.355 e. The molecule has 0 saturated heterocycles. The van der Waals surface area contributed by atoms with Crippen molar-refractivity contribution in [2.75, 3.05) is 13.1 Å². The van der Waals surface area contributed by atoms with E-state index in [-0.39, 0.29) is 11.8 Å². The van der Waals surface area contributed by atoms with E-state index in [0.717, 1.165) is 0 Å². The molecule has 0 aromatic heterocycles. The second kappa shape index (κ2) is 6.42. The van der Waals surface area contributed by atoms with Gasteiger partial charge in [0.15, 0.2) is 0 Å². The molecule has 0 aliphatic heterocycles. The fraction of sp³-hybridized carbons (Fsp3) is 0.750. The molecule has 5 nitrogen and oxygen atoms in total. The van der Waals surface area contributed by atoms with Crippen molar-refractivity contribution < 1.29 is 9.59 Å². The first-order chi connectivity index (χ1) is 6.07. The van der Waals surface area contributed by atoms with Crippen molar-refractivity contribution in [2.45, 2.75) is 26.3 Å². The van der Waals surface area contributed by atoms with E-state index in [1.165, 1.54) is 6.92 Å². The summed E-state index contributed by atoms with van der Waals surface area (Å²) in [5.74, 6) is -0.276. The third-order valence-corrected chi connectivity index (χ3v) is 1.57. The van der Waals surface area contributed by atoms with Crippen LogP contribution in [0.2, 0.25) is 0 Å². The van der Waals surface area contributed by atoms with E-state index in [2.05, 4.69) is 10.6 Å². The number of carbonyl (C=O) groups is 2. The summed E-state index contributed by atoms with van der Waals surface area (Å²) in [5.41, 5.74) is 5.46. The zero-order valence-electron chi connectivity index (χ0n) is 8.09. The molecule has 5 heteroatoms. The van der Waals surface area contributed by atoms with Gasteiger partial charge in [-0.15, -0.1) is 0 Å². The zero-order chi connectivity index (χ0) is 10.3. The van der Waals surface area contributed by atoms with E-state index in [4.69, 9.17) is 5.73 Å². The zero-order valence-corrected chi connectivity index (χ0v) is 8.09. The van der Waals surface area contributed by atoms with Crippen LogP contribution in [0.4, 0.5) is 0 Å². The summed E-state index contributed by atoms with van der Waals surface area (Å²) >= 11 is 0. The van der Waals surface area contributed by atoms with E-state index < -0.39 is 6.04 Å². The lowest BCUT2D eigenvalue weighted by Crippen LogP contribution is -2.42. The predicted molar refractivity (Wildman–Crippen MR) is 50.0 cm³/mol. The summed E-state index contributed by atoms with van der Waals surface area (Å²) < 4.78 is 0. The molecule has 0 saturated carbocycles. The van der Waals surface area contributed by atoms with Gasteiger partial charge < -0.3 is 16.4 Å². The number of rotatable bonds is 5. The van der Waals surface area contributed by atoms with Crippen LogP contribution in [0.1, 0.15) is 20.3 Å². The lowest BCUT2D eigenvalue weighted by atomic mass is 10.2. The monoisotopic (exact) mass is 187 g/mol. The van der Waals surface area contributed by atoms with Crippen LogP contribution in [-0.2, 0) is 9.59 Å². The van der Waals surface area contributed by atoms with Gasteiger partial charge in [0.2, 0.25) is 11.8 Å². The van der Waals surface area contributed by atoms with Crippen molar-refractivity contribution in [3.8, 4) is 0 Å². The summed E-state index contributed by atoms with van der Waals surface area (Å²) in [6, 6.07) is -0.447. The van der Waals surface area contributed by atoms with Gasteiger partial charge >= 0.3 is 0 Å². The predicted octanol–water partition coefficient (Wildman–Crippen LogP) is -1.02. The summed E-state index contributed by atoms with van der Waals surface area (Å²) in [6.45, 7) is 4.14. The van der Waals surface area contributed by atoms with E-state index >= 15 is 0 Å². The highest BCUT2D eigenvalue weighted by molar-refractivity contribution is 5.81. The standard InChI is InChI=1S/C8H17N3O2/c1-3-7(9)8(13)11-5-4-10-6(2)12/h7H,3-5,9H2,1-2H3,(H,10,12)(H,11,13). The number of nitrogens with two attached hydrogens (primary N) is 1. The van der Waals surface area contributed by atoms with Crippen LogP contribution in [0.25, 0.3) is 0 Å². The summed E-state index contributed by atoms with van der Waals surface area (Å²) in [6.07, 6.45) is 0.617. The molecule has 76 valence electrons.